The summed E-state index contributed by atoms with van der Waals surface area (Å²) in [6, 6.07) is 8.72. The van der Waals surface area contributed by atoms with Gasteiger partial charge in [0.1, 0.15) is 0 Å². The number of rotatable bonds is 5. The van der Waals surface area contributed by atoms with Gasteiger partial charge in [-0.15, -0.1) is 0 Å². The average molecular weight is 444 g/mol. The topological polar surface area (TPSA) is 67.2 Å². The van der Waals surface area contributed by atoms with E-state index in [0.717, 1.165) is 43.6 Å². The highest BCUT2D eigenvalue weighted by Crippen LogP contribution is 2.36. The monoisotopic (exact) mass is 444 g/mol. The third kappa shape index (κ3) is 4.46. The van der Waals surface area contributed by atoms with E-state index in [1.165, 1.54) is 17.0 Å². The lowest BCUT2D eigenvalue weighted by Gasteiger charge is -2.23. The minimum atomic E-state index is -4.51. The lowest BCUT2D eigenvalue weighted by Crippen LogP contribution is -2.25. The molecule has 1 N–H and O–H groups in total. The van der Waals surface area contributed by atoms with Gasteiger partial charge in [0, 0.05) is 26.1 Å². The number of hydrogen-bond donors (Lipinski definition) is 1. The van der Waals surface area contributed by atoms with Crippen molar-refractivity contribution in [3.05, 3.63) is 64.2 Å². The van der Waals surface area contributed by atoms with Crippen molar-refractivity contribution in [2.45, 2.75) is 38.9 Å². The molecule has 3 aromatic rings. The largest absolute Gasteiger partial charge is 0.416 e. The number of benzene rings is 2. The van der Waals surface area contributed by atoms with Crippen LogP contribution < -0.4 is 15.8 Å². The zero-order valence-electron chi connectivity index (χ0n) is 17.6. The Balaban J connectivity index is 1.53. The number of nitrogens with zero attached hydrogens (tertiary/aromatic N) is 3. The number of anilines is 2. The Bertz CT molecular complexity index is 1210. The summed E-state index contributed by atoms with van der Waals surface area (Å²) in [5.74, 6) is -0.471. The molecule has 1 aliphatic rings. The van der Waals surface area contributed by atoms with Crippen LogP contribution in [-0.2, 0) is 17.5 Å². The number of amides is 1. The fourth-order valence-corrected chi connectivity index (χ4v) is 3.98. The van der Waals surface area contributed by atoms with E-state index in [0.29, 0.717) is 16.6 Å². The van der Waals surface area contributed by atoms with Gasteiger partial charge in [-0.2, -0.15) is 13.2 Å². The van der Waals surface area contributed by atoms with E-state index >= 15 is 0 Å². The van der Waals surface area contributed by atoms with Gasteiger partial charge in [0.05, 0.1) is 34.2 Å². The summed E-state index contributed by atoms with van der Waals surface area (Å²) in [4.78, 5) is 31.6. The first-order valence-electron chi connectivity index (χ1n) is 10.4. The molecule has 0 radical (unpaired) electrons. The highest BCUT2D eigenvalue weighted by Gasteiger charge is 2.32. The van der Waals surface area contributed by atoms with Crippen molar-refractivity contribution in [1.82, 2.24) is 9.55 Å². The van der Waals surface area contributed by atoms with Crippen molar-refractivity contribution in [3.8, 4) is 0 Å². The summed E-state index contributed by atoms with van der Waals surface area (Å²) in [6.07, 6.45) is -1.29. The third-order valence-corrected chi connectivity index (χ3v) is 5.68. The normalized spacial score (nSPS) is 14.2. The molecule has 0 saturated carbocycles. The van der Waals surface area contributed by atoms with E-state index in [4.69, 9.17) is 0 Å². The first-order valence-corrected chi connectivity index (χ1v) is 10.4. The summed E-state index contributed by atoms with van der Waals surface area (Å²) in [6.45, 7) is 3.39. The van der Waals surface area contributed by atoms with E-state index < -0.39 is 17.6 Å². The van der Waals surface area contributed by atoms with Crippen molar-refractivity contribution in [1.29, 1.82) is 0 Å². The van der Waals surface area contributed by atoms with Crippen molar-refractivity contribution < 1.29 is 18.0 Å². The Hall–Kier alpha value is -3.36. The molecule has 9 heteroatoms. The Labute approximate surface area is 182 Å². The van der Waals surface area contributed by atoms with Gasteiger partial charge in [0.15, 0.2) is 0 Å². The molecule has 0 bridgehead atoms. The van der Waals surface area contributed by atoms with Crippen LogP contribution in [0.15, 0.2) is 47.5 Å². The van der Waals surface area contributed by atoms with Gasteiger partial charge in [0.2, 0.25) is 5.91 Å². The first-order chi connectivity index (χ1) is 15.2. The van der Waals surface area contributed by atoms with Gasteiger partial charge in [0.25, 0.3) is 5.56 Å². The maximum Gasteiger partial charge on any atom is 0.416 e. The number of nitrogens with one attached hydrogen (secondary N) is 1. The Morgan fingerprint density at radius 1 is 1.16 bits per heavy atom. The second-order valence-corrected chi connectivity index (χ2v) is 7.94. The SMILES string of the molecule is Cc1cccc2c(=O)n(CCC(=O)Nc3cc(C(F)(F)F)ccc3N3CCCC3)cnc12. The van der Waals surface area contributed by atoms with Crippen molar-refractivity contribution in [3.63, 3.8) is 0 Å². The molecule has 4 rings (SSSR count). The fraction of sp³-hybridized carbons (Fsp3) is 0.348. The predicted molar refractivity (Wildman–Crippen MR) is 117 cm³/mol. The second kappa shape index (κ2) is 8.64. The number of alkyl halides is 3. The quantitative estimate of drug-likeness (QED) is 0.635. The molecule has 0 unspecified atom stereocenters. The Morgan fingerprint density at radius 2 is 1.91 bits per heavy atom. The zero-order valence-corrected chi connectivity index (χ0v) is 17.6. The van der Waals surface area contributed by atoms with Gasteiger partial charge in [-0.3, -0.25) is 14.2 Å². The second-order valence-electron chi connectivity index (χ2n) is 7.94. The zero-order chi connectivity index (χ0) is 22.9. The first kappa shape index (κ1) is 21.9. The molecule has 6 nitrogen and oxygen atoms in total. The van der Waals surface area contributed by atoms with Crippen molar-refractivity contribution in [2.75, 3.05) is 23.3 Å². The number of fused-ring (bicyclic) bond motifs is 1. The van der Waals surface area contributed by atoms with Crippen LogP contribution in [0.4, 0.5) is 24.5 Å². The number of para-hydroxylation sites is 1. The van der Waals surface area contributed by atoms with E-state index in [2.05, 4.69) is 10.3 Å². The molecule has 0 spiro atoms. The summed E-state index contributed by atoms with van der Waals surface area (Å²) >= 11 is 0. The third-order valence-electron chi connectivity index (χ3n) is 5.68. The van der Waals surface area contributed by atoms with Crippen molar-refractivity contribution >= 4 is 28.2 Å². The molecule has 1 saturated heterocycles. The summed E-state index contributed by atoms with van der Waals surface area (Å²) < 4.78 is 41.0. The molecule has 1 fully saturated rings. The number of aromatic nitrogens is 2. The maximum atomic E-state index is 13.2. The van der Waals surface area contributed by atoms with Crippen LogP contribution in [0.5, 0.6) is 0 Å². The van der Waals surface area contributed by atoms with Gasteiger partial charge in [-0.1, -0.05) is 12.1 Å². The standard InChI is InChI=1S/C23H23F3N4O2/c1-15-5-4-6-17-21(15)27-14-30(22(17)32)12-9-20(31)28-18-13-16(23(24,25)26)7-8-19(18)29-10-2-3-11-29/h4-8,13-14H,2-3,9-12H2,1H3,(H,28,31). The molecule has 1 amide bonds. The molecular weight excluding hydrogens is 421 g/mol. The predicted octanol–water partition coefficient (Wildman–Crippen LogP) is 4.35. The van der Waals surface area contributed by atoms with Crippen LogP contribution in [0.2, 0.25) is 0 Å². The molecule has 32 heavy (non-hydrogen) atoms. The molecule has 0 atom stereocenters. The number of carbonyl (C=O) groups excluding carboxylic acids is 1. The molecule has 0 aliphatic carbocycles. The van der Waals surface area contributed by atoms with Gasteiger partial charge < -0.3 is 10.2 Å². The van der Waals surface area contributed by atoms with Crippen LogP contribution in [0, 0.1) is 6.92 Å². The van der Waals surface area contributed by atoms with E-state index in [-0.39, 0.29) is 24.2 Å². The molecule has 168 valence electrons. The van der Waals surface area contributed by atoms with Gasteiger partial charge in [-0.25, -0.2) is 4.98 Å². The average Bonchev–Trinajstić information content (AvgIpc) is 3.28. The number of aryl methyl sites for hydroxylation is 2. The van der Waals surface area contributed by atoms with E-state index in [1.54, 1.807) is 12.1 Å². The highest BCUT2D eigenvalue weighted by atomic mass is 19.4. The van der Waals surface area contributed by atoms with Crippen LogP contribution >= 0.6 is 0 Å². The van der Waals surface area contributed by atoms with Gasteiger partial charge in [-0.05, 0) is 49.6 Å². The number of hydrogen-bond acceptors (Lipinski definition) is 4. The maximum absolute atomic E-state index is 13.2. The summed E-state index contributed by atoms with van der Waals surface area (Å²) in [5.41, 5.74) is 1.11. The number of carbonyl (C=O) groups is 1. The summed E-state index contributed by atoms with van der Waals surface area (Å²) in [5, 5.41) is 3.08. The number of halogens is 3. The molecule has 2 heterocycles. The minimum Gasteiger partial charge on any atom is -0.370 e. The van der Waals surface area contributed by atoms with Crippen LogP contribution in [0.1, 0.15) is 30.4 Å². The molecular formula is C23H23F3N4O2. The van der Waals surface area contributed by atoms with Crippen LogP contribution in [0.25, 0.3) is 10.9 Å². The van der Waals surface area contributed by atoms with E-state index in [9.17, 15) is 22.8 Å². The molecule has 2 aromatic carbocycles. The molecule has 1 aromatic heterocycles. The smallest absolute Gasteiger partial charge is 0.370 e. The Morgan fingerprint density at radius 3 is 2.62 bits per heavy atom. The lowest BCUT2D eigenvalue weighted by atomic mass is 10.1. The van der Waals surface area contributed by atoms with Crippen LogP contribution in [-0.4, -0.2) is 28.5 Å². The summed E-state index contributed by atoms with van der Waals surface area (Å²) in [7, 11) is 0. The highest BCUT2D eigenvalue weighted by molar-refractivity contribution is 5.94. The molecule has 1 aliphatic heterocycles. The Kier molecular flexibility index (Phi) is 5.90. The van der Waals surface area contributed by atoms with Gasteiger partial charge >= 0.3 is 6.18 Å². The van der Waals surface area contributed by atoms with E-state index in [1.807, 2.05) is 17.9 Å². The minimum absolute atomic E-state index is 0.0690. The lowest BCUT2D eigenvalue weighted by molar-refractivity contribution is -0.137. The fourth-order valence-electron chi connectivity index (χ4n) is 3.98. The van der Waals surface area contributed by atoms with Crippen molar-refractivity contribution in [2.24, 2.45) is 0 Å². The van der Waals surface area contributed by atoms with Crippen LogP contribution in [0.3, 0.4) is 0 Å².